The number of hydrogen-bond donors (Lipinski definition) is 0. The summed E-state index contributed by atoms with van der Waals surface area (Å²) in [5.41, 5.74) is -0.966. The van der Waals surface area contributed by atoms with Gasteiger partial charge in [-0.15, -0.1) is 0 Å². The van der Waals surface area contributed by atoms with Crippen molar-refractivity contribution in [3.63, 3.8) is 0 Å². The standard InChI is InChI=1S/C8H6ClF2NO2/c1-14-5-2-12-4(3-13)6(7(5)9)8(10)11/h2-3,8H,1H3. The van der Waals surface area contributed by atoms with E-state index in [0.717, 1.165) is 6.20 Å². The molecule has 1 rings (SSSR count). The van der Waals surface area contributed by atoms with Crippen LogP contribution in [0.2, 0.25) is 5.02 Å². The zero-order valence-electron chi connectivity index (χ0n) is 7.13. The molecule has 0 amide bonds. The number of carbonyl (C=O) groups is 1. The Bertz CT molecular complexity index is 357. The van der Waals surface area contributed by atoms with Crippen molar-refractivity contribution >= 4 is 17.9 Å². The molecule has 0 aliphatic rings. The molecule has 0 fully saturated rings. The molecule has 6 heteroatoms. The molecule has 0 radical (unpaired) electrons. The first-order valence-electron chi connectivity index (χ1n) is 3.57. The van der Waals surface area contributed by atoms with Gasteiger partial charge in [-0.3, -0.25) is 4.79 Å². The molecule has 0 aromatic carbocycles. The average molecular weight is 222 g/mol. The molecule has 1 heterocycles. The van der Waals surface area contributed by atoms with Crippen molar-refractivity contribution in [3.8, 4) is 5.75 Å². The first kappa shape index (κ1) is 10.8. The number of hydrogen-bond acceptors (Lipinski definition) is 3. The molecule has 0 unspecified atom stereocenters. The van der Waals surface area contributed by atoms with Crippen molar-refractivity contribution in [3.05, 3.63) is 22.5 Å². The van der Waals surface area contributed by atoms with E-state index in [9.17, 15) is 13.6 Å². The molecule has 0 aliphatic heterocycles. The largest absolute Gasteiger partial charge is 0.494 e. The second-order valence-electron chi connectivity index (χ2n) is 2.36. The van der Waals surface area contributed by atoms with Crippen LogP contribution in [0.4, 0.5) is 8.78 Å². The predicted octanol–water partition coefficient (Wildman–Crippen LogP) is 2.49. The predicted molar refractivity (Wildman–Crippen MR) is 46.1 cm³/mol. The first-order chi connectivity index (χ1) is 6.61. The third kappa shape index (κ3) is 1.82. The lowest BCUT2D eigenvalue weighted by atomic mass is 10.2. The van der Waals surface area contributed by atoms with Gasteiger partial charge in [-0.05, 0) is 0 Å². The first-order valence-corrected chi connectivity index (χ1v) is 3.95. The Morgan fingerprint density at radius 1 is 1.64 bits per heavy atom. The summed E-state index contributed by atoms with van der Waals surface area (Å²) < 4.78 is 29.6. The third-order valence-electron chi connectivity index (χ3n) is 1.60. The molecule has 76 valence electrons. The van der Waals surface area contributed by atoms with E-state index in [2.05, 4.69) is 4.98 Å². The van der Waals surface area contributed by atoms with E-state index >= 15 is 0 Å². The van der Waals surface area contributed by atoms with E-state index in [1.54, 1.807) is 0 Å². The van der Waals surface area contributed by atoms with Crippen LogP contribution >= 0.6 is 11.6 Å². The van der Waals surface area contributed by atoms with Crippen molar-refractivity contribution < 1.29 is 18.3 Å². The number of methoxy groups -OCH3 is 1. The van der Waals surface area contributed by atoms with Gasteiger partial charge in [0.05, 0.1) is 23.9 Å². The lowest BCUT2D eigenvalue weighted by Crippen LogP contribution is -2.00. The zero-order valence-corrected chi connectivity index (χ0v) is 7.89. The van der Waals surface area contributed by atoms with Crippen molar-refractivity contribution in [1.82, 2.24) is 4.98 Å². The van der Waals surface area contributed by atoms with Gasteiger partial charge in [-0.2, -0.15) is 0 Å². The molecular weight excluding hydrogens is 216 g/mol. The average Bonchev–Trinajstić information content (AvgIpc) is 2.16. The van der Waals surface area contributed by atoms with E-state index in [4.69, 9.17) is 16.3 Å². The monoisotopic (exact) mass is 221 g/mol. The summed E-state index contributed by atoms with van der Waals surface area (Å²) in [5, 5.41) is -0.278. The molecule has 0 atom stereocenters. The Hall–Kier alpha value is -1.23. The highest BCUT2D eigenvalue weighted by molar-refractivity contribution is 6.33. The fourth-order valence-corrected chi connectivity index (χ4v) is 1.25. The van der Waals surface area contributed by atoms with Crippen LogP contribution in [0.1, 0.15) is 22.5 Å². The normalized spacial score (nSPS) is 10.4. The molecule has 14 heavy (non-hydrogen) atoms. The summed E-state index contributed by atoms with van der Waals surface area (Å²) in [6.07, 6.45) is -1.50. The number of halogens is 3. The Morgan fingerprint density at radius 2 is 2.29 bits per heavy atom. The molecule has 0 saturated carbocycles. The summed E-state index contributed by atoms with van der Waals surface area (Å²) >= 11 is 5.58. The van der Waals surface area contributed by atoms with E-state index in [1.807, 2.05) is 0 Å². The highest BCUT2D eigenvalue weighted by atomic mass is 35.5. The van der Waals surface area contributed by atoms with Crippen LogP contribution in [0.15, 0.2) is 6.20 Å². The Labute approximate surface area is 83.7 Å². The van der Waals surface area contributed by atoms with Gasteiger partial charge in [0.2, 0.25) is 0 Å². The molecule has 0 bridgehead atoms. The number of ether oxygens (including phenoxy) is 1. The maximum absolute atomic E-state index is 12.5. The molecular formula is C8H6ClF2NO2. The fourth-order valence-electron chi connectivity index (χ4n) is 0.943. The number of aldehydes is 1. The lowest BCUT2D eigenvalue weighted by molar-refractivity contribution is 0.110. The maximum Gasteiger partial charge on any atom is 0.267 e. The molecule has 0 spiro atoms. The van der Waals surface area contributed by atoms with E-state index in [1.165, 1.54) is 7.11 Å². The van der Waals surface area contributed by atoms with E-state index < -0.39 is 12.0 Å². The molecule has 0 N–H and O–H groups in total. The Balaban J connectivity index is 3.38. The van der Waals surface area contributed by atoms with Gasteiger partial charge in [-0.25, -0.2) is 13.8 Å². The van der Waals surface area contributed by atoms with Crippen molar-refractivity contribution in [2.24, 2.45) is 0 Å². The van der Waals surface area contributed by atoms with E-state index in [-0.39, 0.29) is 22.8 Å². The SMILES string of the molecule is COc1cnc(C=O)c(C(F)F)c1Cl. The molecule has 3 nitrogen and oxygen atoms in total. The number of alkyl halides is 2. The van der Waals surface area contributed by atoms with Gasteiger partial charge in [0, 0.05) is 0 Å². The summed E-state index contributed by atoms with van der Waals surface area (Å²) in [6.45, 7) is 0. The Morgan fingerprint density at radius 3 is 2.71 bits per heavy atom. The van der Waals surface area contributed by atoms with Gasteiger partial charge in [-0.1, -0.05) is 11.6 Å². The van der Waals surface area contributed by atoms with Crippen LogP contribution < -0.4 is 4.74 Å². The van der Waals surface area contributed by atoms with E-state index in [0.29, 0.717) is 0 Å². The lowest BCUT2D eigenvalue weighted by Gasteiger charge is -2.08. The number of aromatic nitrogens is 1. The van der Waals surface area contributed by atoms with Gasteiger partial charge < -0.3 is 4.74 Å². The van der Waals surface area contributed by atoms with Crippen LogP contribution in [0.5, 0.6) is 5.75 Å². The van der Waals surface area contributed by atoms with Gasteiger partial charge >= 0.3 is 0 Å². The molecule has 1 aromatic rings. The quantitative estimate of drug-likeness (QED) is 0.736. The zero-order chi connectivity index (χ0) is 10.7. The summed E-state index contributed by atoms with van der Waals surface area (Å²) in [6, 6.07) is 0. The minimum Gasteiger partial charge on any atom is -0.494 e. The second kappa shape index (κ2) is 4.32. The molecule has 0 aliphatic carbocycles. The molecule has 1 aromatic heterocycles. The number of rotatable bonds is 3. The Kier molecular flexibility index (Phi) is 3.35. The number of pyridine rings is 1. The minimum atomic E-state index is -2.86. The van der Waals surface area contributed by atoms with Crippen LogP contribution in [-0.2, 0) is 0 Å². The highest BCUT2D eigenvalue weighted by Gasteiger charge is 2.21. The van der Waals surface area contributed by atoms with Crippen LogP contribution in [-0.4, -0.2) is 18.4 Å². The number of carbonyl (C=O) groups excluding carboxylic acids is 1. The van der Waals surface area contributed by atoms with Crippen LogP contribution in [0, 0.1) is 0 Å². The van der Waals surface area contributed by atoms with Gasteiger partial charge in [0.25, 0.3) is 6.43 Å². The third-order valence-corrected chi connectivity index (χ3v) is 1.99. The second-order valence-corrected chi connectivity index (χ2v) is 2.74. The molecule has 0 saturated heterocycles. The topological polar surface area (TPSA) is 39.2 Å². The fraction of sp³-hybridized carbons (Fsp3) is 0.250. The smallest absolute Gasteiger partial charge is 0.267 e. The number of nitrogens with zero attached hydrogens (tertiary/aromatic N) is 1. The van der Waals surface area contributed by atoms with Gasteiger partial charge in [0.1, 0.15) is 5.69 Å². The van der Waals surface area contributed by atoms with Crippen molar-refractivity contribution in [1.29, 1.82) is 0 Å². The summed E-state index contributed by atoms with van der Waals surface area (Å²) in [7, 11) is 1.28. The van der Waals surface area contributed by atoms with Crippen molar-refractivity contribution in [2.45, 2.75) is 6.43 Å². The maximum atomic E-state index is 12.5. The highest BCUT2D eigenvalue weighted by Crippen LogP contribution is 2.34. The van der Waals surface area contributed by atoms with Crippen molar-refractivity contribution in [2.75, 3.05) is 7.11 Å². The van der Waals surface area contributed by atoms with Crippen LogP contribution in [0.25, 0.3) is 0 Å². The van der Waals surface area contributed by atoms with Crippen LogP contribution in [0.3, 0.4) is 0 Å². The minimum absolute atomic E-state index is 0.0209. The van der Waals surface area contributed by atoms with Gasteiger partial charge in [0.15, 0.2) is 12.0 Å². The summed E-state index contributed by atoms with van der Waals surface area (Å²) in [5.74, 6) is 0.0209. The summed E-state index contributed by atoms with van der Waals surface area (Å²) in [4.78, 5) is 13.9.